The predicted octanol–water partition coefficient (Wildman–Crippen LogP) is 1.96. The summed E-state index contributed by atoms with van der Waals surface area (Å²) < 4.78 is 7.60. The lowest BCUT2D eigenvalue weighted by Crippen LogP contribution is -2.14. The lowest BCUT2D eigenvalue weighted by molar-refractivity contribution is 0.152. The molecule has 102 valence electrons. The van der Waals surface area contributed by atoms with Gasteiger partial charge in [0.05, 0.1) is 29.5 Å². The van der Waals surface area contributed by atoms with Crippen molar-refractivity contribution in [1.29, 1.82) is 0 Å². The Morgan fingerprint density at radius 2 is 2.32 bits per heavy atom. The van der Waals surface area contributed by atoms with E-state index in [4.69, 9.17) is 4.74 Å². The van der Waals surface area contributed by atoms with Crippen molar-refractivity contribution in [3.8, 4) is 0 Å². The van der Waals surface area contributed by atoms with Crippen molar-refractivity contribution < 1.29 is 9.84 Å². The Bertz CT molecular complexity index is 516. The molecule has 0 spiro atoms. The van der Waals surface area contributed by atoms with Gasteiger partial charge in [-0.3, -0.25) is 9.67 Å². The lowest BCUT2D eigenvalue weighted by Gasteiger charge is -2.14. The number of hydrogen-bond acceptors (Lipinski definition) is 4. The monoisotopic (exact) mass is 325 g/mol. The van der Waals surface area contributed by atoms with Gasteiger partial charge in [0.25, 0.3) is 0 Å². The van der Waals surface area contributed by atoms with E-state index >= 15 is 0 Å². The van der Waals surface area contributed by atoms with Crippen LogP contribution in [0.1, 0.15) is 17.4 Å². The van der Waals surface area contributed by atoms with Crippen LogP contribution in [0.4, 0.5) is 0 Å². The first kappa shape index (κ1) is 14.2. The molecule has 0 bridgehead atoms. The lowest BCUT2D eigenvalue weighted by atomic mass is 10.1. The van der Waals surface area contributed by atoms with E-state index in [9.17, 15) is 5.11 Å². The molecule has 0 saturated heterocycles. The van der Waals surface area contributed by atoms with Crippen molar-refractivity contribution in [3.05, 3.63) is 46.5 Å². The van der Waals surface area contributed by atoms with Crippen LogP contribution >= 0.6 is 15.9 Å². The average molecular weight is 326 g/mol. The number of methoxy groups -OCH3 is 1. The predicted molar refractivity (Wildman–Crippen MR) is 74.7 cm³/mol. The number of aliphatic hydroxyl groups is 1. The number of ether oxygens (including phenoxy) is 1. The Morgan fingerprint density at radius 1 is 1.47 bits per heavy atom. The van der Waals surface area contributed by atoms with Crippen LogP contribution in [-0.2, 0) is 17.7 Å². The maximum absolute atomic E-state index is 10.4. The van der Waals surface area contributed by atoms with Crippen LogP contribution in [0.15, 0.2) is 35.2 Å². The molecule has 0 aliphatic rings. The van der Waals surface area contributed by atoms with Crippen molar-refractivity contribution in [2.45, 2.75) is 19.1 Å². The van der Waals surface area contributed by atoms with Gasteiger partial charge in [0.2, 0.25) is 0 Å². The van der Waals surface area contributed by atoms with Crippen molar-refractivity contribution in [1.82, 2.24) is 14.8 Å². The highest BCUT2D eigenvalue weighted by Crippen LogP contribution is 2.25. The molecule has 1 atom stereocenters. The molecule has 0 aromatic carbocycles. The Labute approximate surface area is 120 Å². The highest BCUT2D eigenvalue weighted by molar-refractivity contribution is 9.10. The summed E-state index contributed by atoms with van der Waals surface area (Å²) in [5, 5.41) is 14.6. The molecule has 0 amide bonds. The molecule has 0 fully saturated rings. The minimum absolute atomic E-state index is 0.505. The van der Waals surface area contributed by atoms with E-state index < -0.39 is 6.10 Å². The van der Waals surface area contributed by atoms with Crippen LogP contribution in [0, 0.1) is 0 Å². The van der Waals surface area contributed by atoms with E-state index in [1.807, 2.05) is 12.1 Å². The molecule has 0 aliphatic carbocycles. The zero-order valence-electron chi connectivity index (χ0n) is 10.7. The summed E-state index contributed by atoms with van der Waals surface area (Å²) in [6, 6.07) is 3.80. The Kier molecular flexibility index (Phi) is 5.07. The van der Waals surface area contributed by atoms with Gasteiger partial charge < -0.3 is 9.84 Å². The van der Waals surface area contributed by atoms with Gasteiger partial charge in [-0.2, -0.15) is 5.10 Å². The fraction of sp³-hybridized carbons (Fsp3) is 0.385. The summed E-state index contributed by atoms with van der Waals surface area (Å²) >= 11 is 3.42. The molecular formula is C13H16BrN3O2. The molecule has 1 N–H and O–H groups in total. The highest BCUT2D eigenvalue weighted by atomic mass is 79.9. The molecule has 0 radical (unpaired) electrons. The quantitative estimate of drug-likeness (QED) is 0.882. The van der Waals surface area contributed by atoms with Gasteiger partial charge in [0, 0.05) is 25.9 Å². The van der Waals surface area contributed by atoms with E-state index in [0.717, 1.165) is 15.7 Å². The third-order valence-electron chi connectivity index (χ3n) is 2.81. The maximum atomic E-state index is 10.4. The molecule has 2 aromatic heterocycles. The van der Waals surface area contributed by atoms with Gasteiger partial charge in [0.1, 0.15) is 6.10 Å². The van der Waals surface area contributed by atoms with Crippen LogP contribution in [0.2, 0.25) is 0 Å². The Balaban J connectivity index is 2.14. The standard InChI is InChI=1S/C13H16BrN3O2/c1-19-6-5-17-13(11(14)9-16-17)12(18)7-10-3-2-4-15-8-10/h2-4,8-9,12,18H,5-7H2,1H3. The number of aliphatic hydroxyl groups excluding tert-OH is 1. The Hall–Kier alpha value is -1.24. The third-order valence-corrected chi connectivity index (χ3v) is 3.42. The molecule has 0 aliphatic heterocycles. The van der Waals surface area contributed by atoms with E-state index in [2.05, 4.69) is 26.0 Å². The zero-order valence-corrected chi connectivity index (χ0v) is 12.2. The third kappa shape index (κ3) is 3.62. The summed E-state index contributed by atoms with van der Waals surface area (Å²) in [5.74, 6) is 0. The SMILES string of the molecule is COCCn1ncc(Br)c1C(O)Cc1cccnc1. The highest BCUT2D eigenvalue weighted by Gasteiger charge is 2.18. The van der Waals surface area contributed by atoms with Crippen molar-refractivity contribution in [2.24, 2.45) is 0 Å². The topological polar surface area (TPSA) is 60.2 Å². The minimum atomic E-state index is -0.627. The number of halogens is 1. The van der Waals surface area contributed by atoms with Gasteiger partial charge >= 0.3 is 0 Å². The molecule has 2 heterocycles. The van der Waals surface area contributed by atoms with Crippen LogP contribution < -0.4 is 0 Å². The molecule has 6 heteroatoms. The summed E-state index contributed by atoms with van der Waals surface area (Å²) in [5.41, 5.74) is 1.75. The molecular weight excluding hydrogens is 310 g/mol. The number of pyridine rings is 1. The molecule has 0 saturated carbocycles. The summed E-state index contributed by atoms with van der Waals surface area (Å²) in [6.45, 7) is 1.17. The molecule has 5 nitrogen and oxygen atoms in total. The van der Waals surface area contributed by atoms with Crippen LogP contribution in [0.3, 0.4) is 0 Å². The molecule has 19 heavy (non-hydrogen) atoms. The van der Waals surface area contributed by atoms with Crippen LogP contribution in [0.5, 0.6) is 0 Å². The normalized spacial score (nSPS) is 12.6. The largest absolute Gasteiger partial charge is 0.386 e. The van der Waals surface area contributed by atoms with E-state index in [1.54, 1.807) is 30.4 Å². The van der Waals surface area contributed by atoms with Gasteiger partial charge in [-0.15, -0.1) is 0 Å². The molecule has 2 aromatic rings. The van der Waals surface area contributed by atoms with Gasteiger partial charge in [-0.05, 0) is 27.6 Å². The van der Waals surface area contributed by atoms with Gasteiger partial charge in [-0.1, -0.05) is 6.07 Å². The first-order chi connectivity index (χ1) is 9.22. The second-order valence-electron chi connectivity index (χ2n) is 4.17. The summed E-state index contributed by atoms with van der Waals surface area (Å²) in [6.07, 6.45) is 5.04. The number of aromatic nitrogens is 3. The van der Waals surface area contributed by atoms with E-state index in [1.165, 1.54) is 0 Å². The van der Waals surface area contributed by atoms with E-state index in [0.29, 0.717) is 19.6 Å². The van der Waals surface area contributed by atoms with Crippen molar-refractivity contribution >= 4 is 15.9 Å². The fourth-order valence-corrected chi connectivity index (χ4v) is 2.46. The van der Waals surface area contributed by atoms with Crippen LogP contribution in [0.25, 0.3) is 0 Å². The average Bonchev–Trinajstić information content (AvgIpc) is 2.78. The molecule has 2 rings (SSSR count). The fourth-order valence-electron chi connectivity index (χ4n) is 1.90. The second kappa shape index (κ2) is 6.79. The summed E-state index contributed by atoms with van der Waals surface area (Å²) in [4.78, 5) is 4.05. The van der Waals surface area contributed by atoms with Crippen LogP contribution in [-0.4, -0.2) is 33.6 Å². The number of rotatable bonds is 6. The van der Waals surface area contributed by atoms with Crippen molar-refractivity contribution in [2.75, 3.05) is 13.7 Å². The van der Waals surface area contributed by atoms with E-state index in [-0.39, 0.29) is 0 Å². The second-order valence-corrected chi connectivity index (χ2v) is 5.03. The smallest absolute Gasteiger partial charge is 0.101 e. The minimum Gasteiger partial charge on any atom is -0.386 e. The first-order valence-corrected chi connectivity index (χ1v) is 6.78. The maximum Gasteiger partial charge on any atom is 0.101 e. The van der Waals surface area contributed by atoms with Gasteiger partial charge in [0.15, 0.2) is 0 Å². The first-order valence-electron chi connectivity index (χ1n) is 5.99. The molecule has 1 unspecified atom stereocenters. The Morgan fingerprint density at radius 3 is 3.00 bits per heavy atom. The zero-order chi connectivity index (χ0) is 13.7. The number of hydrogen-bond donors (Lipinski definition) is 1. The van der Waals surface area contributed by atoms with Gasteiger partial charge in [-0.25, -0.2) is 0 Å². The number of nitrogens with zero attached hydrogens (tertiary/aromatic N) is 3. The van der Waals surface area contributed by atoms with Crippen molar-refractivity contribution in [3.63, 3.8) is 0 Å². The summed E-state index contributed by atoms with van der Waals surface area (Å²) in [7, 11) is 1.64.